The molecule has 1 fully saturated rings. The molecule has 0 aromatic heterocycles. The topological polar surface area (TPSA) is 43.9 Å². The maximum absolute atomic E-state index is 12.5. The number of amides is 2. The zero-order chi connectivity index (χ0) is 15.0. The van der Waals surface area contributed by atoms with Gasteiger partial charge in [0, 0.05) is 50.9 Å². The quantitative estimate of drug-likeness (QED) is 0.773. The third kappa shape index (κ3) is 2.65. The minimum absolute atomic E-state index is 0.0619. The number of nitrogens with zero attached hydrogens (tertiary/aromatic N) is 3. The van der Waals surface area contributed by atoms with Gasteiger partial charge in [-0.15, -0.1) is 0 Å². The first kappa shape index (κ1) is 14.1. The van der Waals surface area contributed by atoms with Crippen molar-refractivity contribution in [3.8, 4) is 0 Å². The molecule has 1 saturated heterocycles. The lowest BCUT2D eigenvalue weighted by Gasteiger charge is -2.32. The molecule has 0 spiro atoms. The number of likely N-dealkylation sites (N-methyl/N-ethyl adjacent to an activating group) is 1. The van der Waals surface area contributed by atoms with Crippen molar-refractivity contribution >= 4 is 17.5 Å². The van der Waals surface area contributed by atoms with E-state index in [2.05, 4.69) is 11.9 Å². The predicted molar refractivity (Wildman–Crippen MR) is 81.6 cm³/mol. The van der Waals surface area contributed by atoms with Crippen LogP contribution in [0.5, 0.6) is 0 Å². The minimum atomic E-state index is 0.0619. The van der Waals surface area contributed by atoms with E-state index in [0.717, 1.165) is 56.0 Å². The summed E-state index contributed by atoms with van der Waals surface area (Å²) in [4.78, 5) is 30.0. The molecule has 1 aromatic rings. The highest BCUT2D eigenvalue weighted by Crippen LogP contribution is 2.29. The van der Waals surface area contributed by atoms with Gasteiger partial charge in [0.1, 0.15) is 0 Å². The first-order valence-electron chi connectivity index (χ1n) is 7.45. The number of anilines is 1. The Kier molecular flexibility index (Phi) is 3.68. The standard InChI is InChI=1S/C16H21N3O2/c1-12(20)19-6-5-13-11-14(3-4-15(13)19)16(21)18-9-7-17(2)8-10-18/h3-4,11H,5-10H2,1-2H3. The molecule has 0 bridgehead atoms. The minimum Gasteiger partial charge on any atom is -0.336 e. The average Bonchev–Trinajstić information content (AvgIpc) is 2.90. The lowest BCUT2D eigenvalue weighted by atomic mass is 10.1. The molecule has 2 aliphatic rings. The van der Waals surface area contributed by atoms with Gasteiger partial charge in [0.05, 0.1) is 0 Å². The summed E-state index contributed by atoms with van der Waals surface area (Å²) in [5.41, 5.74) is 2.80. The van der Waals surface area contributed by atoms with E-state index in [9.17, 15) is 9.59 Å². The fraction of sp³-hybridized carbons (Fsp3) is 0.500. The Balaban J connectivity index is 1.78. The van der Waals surface area contributed by atoms with Crippen molar-refractivity contribution in [2.75, 3.05) is 44.7 Å². The summed E-state index contributed by atoms with van der Waals surface area (Å²) in [6, 6.07) is 5.71. The number of piperazine rings is 1. The Morgan fingerprint density at radius 1 is 1.05 bits per heavy atom. The molecule has 1 aromatic carbocycles. The first-order chi connectivity index (χ1) is 10.1. The van der Waals surface area contributed by atoms with Gasteiger partial charge < -0.3 is 14.7 Å². The molecule has 2 heterocycles. The third-order valence-electron chi connectivity index (χ3n) is 4.39. The Labute approximate surface area is 125 Å². The summed E-state index contributed by atoms with van der Waals surface area (Å²) in [7, 11) is 2.08. The van der Waals surface area contributed by atoms with Gasteiger partial charge in [0.2, 0.25) is 5.91 Å². The second-order valence-electron chi connectivity index (χ2n) is 5.86. The van der Waals surface area contributed by atoms with Crippen LogP contribution in [0, 0.1) is 0 Å². The van der Waals surface area contributed by atoms with Crippen LogP contribution < -0.4 is 4.90 Å². The summed E-state index contributed by atoms with van der Waals surface area (Å²) in [6.45, 7) is 5.72. The van der Waals surface area contributed by atoms with Gasteiger partial charge in [-0.2, -0.15) is 0 Å². The molecule has 0 saturated carbocycles. The van der Waals surface area contributed by atoms with Crippen LogP contribution in [0.4, 0.5) is 5.69 Å². The van der Waals surface area contributed by atoms with Crippen LogP contribution in [0.2, 0.25) is 0 Å². The fourth-order valence-corrected chi connectivity index (χ4v) is 3.05. The van der Waals surface area contributed by atoms with E-state index in [0.29, 0.717) is 0 Å². The molecular formula is C16H21N3O2. The SMILES string of the molecule is CC(=O)N1CCc2cc(C(=O)N3CCN(C)CC3)ccc21. The van der Waals surface area contributed by atoms with Gasteiger partial charge in [0.25, 0.3) is 5.91 Å². The molecule has 5 nitrogen and oxygen atoms in total. The molecule has 0 radical (unpaired) electrons. The Bertz CT molecular complexity index is 577. The monoisotopic (exact) mass is 287 g/mol. The second kappa shape index (κ2) is 5.48. The van der Waals surface area contributed by atoms with Gasteiger partial charge in [-0.1, -0.05) is 0 Å². The van der Waals surface area contributed by atoms with Crippen LogP contribution in [-0.4, -0.2) is 61.4 Å². The summed E-state index contributed by atoms with van der Waals surface area (Å²) >= 11 is 0. The largest absolute Gasteiger partial charge is 0.336 e. The van der Waals surface area contributed by atoms with Crippen molar-refractivity contribution in [3.05, 3.63) is 29.3 Å². The number of fused-ring (bicyclic) bond motifs is 1. The summed E-state index contributed by atoms with van der Waals surface area (Å²) in [5.74, 6) is 0.166. The van der Waals surface area contributed by atoms with Crippen LogP contribution in [0.1, 0.15) is 22.8 Å². The lowest BCUT2D eigenvalue weighted by Crippen LogP contribution is -2.47. The fourth-order valence-electron chi connectivity index (χ4n) is 3.05. The molecule has 0 unspecified atom stereocenters. The molecule has 21 heavy (non-hydrogen) atoms. The molecule has 3 rings (SSSR count). The van der Waals surface area contributed by atoms with Crippen molar-refractivity contribution in [2.45, 2.75) is 13.3 Å². The van der Waals surface area contributed by atoms with Crippen LogP contribution in [0.3, 0.4) is 0 Å². The van der Waals surface area contributed by atoms with Gasteiger partial charge >= 0.3 is 0 Å². The van der Waals surface area contributed by atoms with Crippen LogP contribution >= 0.6 is 0 Å². The molecule has 0 atom stereocenters. The number of rotatable bonds is 1. The number of carbonyl (C=O) groups is 2. The predicted octanol–water partition coefficient (Wildman–Crippen LogP) is 0.983. The van der Waals surface area contributed by atoms with Crippen molar-refractivity contribution in [1.29, 1.82) is 0 Å². The van der Waals surface area contributed by atoms with E-state index in [4.69, 9.17) is 0 Å². The van der Waals surface area contributed by atoms with E-state index in [1.165, 1.54) is 0 Å². The van der Waals surface area contributed by atoms with Crippen molar-refractivity contribution in [1.82, 2.24) is 9.80 Å². The highest BCUT2D eigenvalue weighted by molar-refractivity contribution is 5.97. The van der Waals surface area contributed by atoms with Crippen LogP contribution in [-0.2, 0) is 11.2 Å². The number of benzene rings is 1. The number of hydrogen-bond acceptors (Lipinski definition) is 3. The molecule has 5 heteroatoms. The van der Waals surface area contributed by atoms with Crippen molar-refractivity contribution < 1.29 is 9.59 Å². The van der Waals surface area contributed by atoms with Crippen molar-refractivity contribution in [3.63, 3.8) is 0 Å². The molecule has 0 aliphatic carbocycles. The highest BCUT2D eigenvalue weighted by Gasteiger charge is 2.25. The third-order valence-corrected chi connectivity index (χ3v) is 4.39. The molecule has 112 valence electrons. The van der Waals surface area contributed by atoms with E-state index in [-0.39, 0.29) is 11.8 Å². The molecule has 2 aliphatic heterocycles. The van der Waals surface area contributed by atoms with Crippen molar-refractivity contribution in [2.24, 2.45) is 0 Å². The summed E-state index contributed by atoms with van der Waals surface area (Å²) < 4.78 is 0. The zero-order valence-electron chi connectivity index (χ0n) is 12.6. The van der Waals surface area contributed by atoms with Gasteiger partial charge in [-0.25, -0.2) is 0 Å². The Hall–Kier alpha value is -1.88. The number of carbonyl (C=O) groups excluding carboxylic acids is 2. The van der Waals surface area contributed by atoms with Gasteiger partial charge in [0.15, 0.2) is 0 Å². The molecular weight excluding hydrogens is 266 g/mol. The Morgan fingerprint density at radius 2 is 1.76 bits per heavy atom. The normalized spacial score (nSPS) is 18.8. The summed E-state index contributed by atoms with van der Waals surface area (Å²) in [5, 5.41) is 0. The number of hydrogen-bond donors (Lipinski definition) is 0. The molecule has 2 amide bonds. The lowest BCUT2D eigenvalue weighted by molar-refractivity contribution is -0.116. The van der Waals surface area contributed by atoms with E-state index in [1.807, 2.05) is 23.1 Å². The maximum atomic E-state index is 12.5. The zero-order valence-corrected chi connectivity index (χ0v) is 12.6. The van der Waals surface area contributed by atoms with Gasteiger partial charge in [-0.3, -0.25) is 9.59 Å². The molecule has 0 N–H and O–H groups in total. The highest BCUT2D eigenvalue weighted by atomic mass is 16.2. The summed E-state index contributed by atoms with van der Waals surface area (Å²) in [6.07, 6.45) is 0.832. The Morgan fingerprint density at radius 3 is 2.43 bits per heavy atom. The maximum Gasteiger partial charge on any atom is 0.253 e. The van der Waals surface area contributed by atoms with Gasteiger partial charge in [-0.05, 0) is 37.2 Å². The van der Waals surface area contributed by atoms with E-state index in [1.54, 1.807) is 11.8 Å². The second-order valence-corrected chi connectivity index (χ2v) is 5.86. The van der Waals surface area contributed by atoms with E-state index >= 15 is 0 Å². The van der Waals surface area contributed by atoms with E-state index < -0.39 is 0 Å². The van der Waals surface area contributed by atoms with Crippen LogP contribution in [0.25, 0.3) is 0 Å². The average molecular weight is 287 g/mol. The van der Waals surface area contributed by atoms with Crippen LogP contribution in [0.15, 0.2) is 18.2 Å². The smallest absolute Gasteiger partial charge is 0.253 e. The first-order valence-corrected chi connectivity index (χ1v) is 7.45.